The Kier molecular flexibility index (Phi) is 6.34. The van der Waals surface area contributed by atoms with Crippen LogP contribution in [0.1, 0.15) is 41.0 Å². The minimum atomic E-state index is -3.74. The average molecular weight is 401 g/mol. The molecule has 0 aliphatic rings. The Bertz CT molecular complexity index is 876. The highest BCUT2D eigenvalue weighted by molar-refractivity contribution is 7.89. The largest absolute Gasteiger partial charge is 0.350 e. The van der Waals surface area contributed by atoms with E-state index in [0.717, 1.165) is 5.56 Å². The molecule has 0 saturated carbocycles. The number of sulfonamides is 1. The fraction of sp³-hybridized carbons (Fsp3) is 0.250. The molecule has 3 N–H and O–H groups in total. The molecule has 6 nitrogen and oxygen atoms in total. The molecule has 0 fully saturated rings. The molecule has 0 spiro atoms. The highest BCUT2D eigenvalue weighted by Gasteiger charge is 2.15. The van der Waals surface area contributed by atoms with Crippen molar-refractivity contribution in [1.82, 2.24) is 5.32 Å². The van der Waals surface area contributed by atoms with Crippen LogP contribution in [0.25, 0.3) is 0 Å². The standard InChI is InChI=1S/C16H17ClN2O4S2/c1-10(11-2-4-12(5-3-11)25(18,22)23)19-16(21)9-6-13(20)14-7-8-15(17)24-14/h2-5,7-8,10H,6,9H2,1H3,(H,19,21)(H2,18,22,23). The van der Waals surface area contributed by atoms with E-state index in [-0.39, 0.29) is 35.5 Å². The van der Waals surface area contributed by atoms with E-state index in [9.17, 15) is 18.0 Å². The molecular formula is C16H17ClN2O4S2. The van der Waals surface area contributed by atoms with E-state index in [2.05, 4.69) is 5.32 Å². The van der Waals surface area contributed by atoms with Crippen molar-refractivity contribution in [2.75, 3.05) is 0 Å². The second-order valence-electron chi connectivity index (χ2n) is 5.43. The van der Waals surface area contributed by atoms with Gasteiger partial charge in [0.25, 0.3) is 0 Å². The quantitative estimate of drug-likeness (QED) is 0.697. The molecule has 2 aromatic rings. The third kappa shape index (κ3) is 5.64. The number of ketones is 1. The van der Waals surface area contributed by atoms with E-state index in [1.165, 1.54) is 23.5 Å². The second-order valence-corrected chi connectivity index (χ2v) is 8.71. The summed E-state index contributed by atoms with van der Waals surface area (Å²) >= 11 is 6.97. The number of nitrogens with two attached hydrogens (primary N) is 1. The number of amides is 1. The normalized spacial score (nSPS) is 12.6. The van der Waals surface area contributed by atoms with Gasteiger partial charge in [-0.3, -0.25) is 9.59 Å². The maximum absolute atomic E-state index is 12.0. The number of nitrogens with one attached hydrogen (secondary N) is 1. The lowest BCUT2D eigenvalue weighted by Crippen LogP contribution is -2.27. The molecule has 0 bridgehead atoms. The van der Waals surface area contributed by atoms with E-state index in [4.69, 9.17) is 16.7 Å². The van der Waals surface area contributed by atoms with E-state index in [1.54, 1.807) is 31.2 Å². The number of carbonyl (C=O) groups is 2. The van der Waals surface area contributed by atoms with Gasteiger partial charge in [0.05, 0.1) is 20.2 Å². The van der Waals surface area contributed by atoms with Gasteiger partial charge in [-0.15, -0.1) is 11.3 Å². The first kappa shape index (κ1) is 19.6. The molecular weight excluding hydrogens is 384 g/mol. The van der Waals surface area contributed by atoms with Gasteiger partial charge >= 0.3 is 0 Å². The summed E-state index contributed by atoms with van der Waals surface area (Å²) in [4.78, 5) is 24.5. The van der Waals surface area contributed by atoms with Crippen molar-refractivity contribution < 1.29 is 18.0 Å². The van der Waals surface area contributed by atoms with E-state index in [1.807, 2.05) is 0 Å². The Morgan fingerprint density at radius 3 is 2.32 bits per heavy atom. The summed E-state index contributed by atoms with van der Waals surface area (Å²) in [5.74, 6) is -0.392. The topological polar surface area (TPSA) is 106 Å². The van der Waals surface area contributed by atoms with Crippen LogP contribution < -0.4 is 10.5 Å². The van der Waals surface area contributed by atoms with Crippen LogP contribution in [0, 0.1) is 0 Å². The van der Waals surface area contributed by atoms with Crippen molar-refractivity contribution >= 4 is 44.7 Å². The average Bonchev–Trinajstić information content (AvgIpc) is 2.98. The molecule has 134 valence electrons. The molecule has 1 aromatic heterocycles. The zero-order chi connectivity index (χ0) is 18.6. The predicted octanol–water partition coefficient (Wildman–Crippen LogP) is 2.89. The number of Topliss-reactive ketones (excluding diaryl/α,β-unsaturated/α-hetero) is 1. The van der Waals surface area contributed by atoms with Crippen LogP contribution in [-0.2, 0) is 14.8 Å². The van der Waals surface area contributed by atoms with E-state index < -0.39 is 10.0 Å². The summed E-state index contributed by atoms with van der Waals surface area (Å²) in [6.07, 6.45) is 0.160. The molecule has 2 rings (SSSR count). The van der Waals surface area contributed by atoms with Crippen LogP contribution in [0.15, 0.2) is 41.3 Å². The zero-order valence-electron chi connectivity index (χ0n) is 13.4. The van der Waals surface area contributed by atoms with Crippen molar-refractivity contribution in [3.63, 3.8) is 0 Å². The van der Waals surface area contributed by atoms with Crippen molar-refractivity contribution in [3.05, 3.63) is 51.2 Å². The maximum Gasteiger partial charge on any atom is 0.238 e. The van der Waals surface area contributed by atoms with Gasteiger partial charge in [-0.1, -0.05) is 23.7 Å². The van der Waals surface area contributed by atoms with Gasteiger partial charge < -0.3 is 5.32 Å². The first-order valence-electron chi connectivity index (χ1n) is 7.37. The lowest BCUT2D eigenvalue weighted by Gasteiger charge is -2.14. The molecule has 25 heavy (non-hydrogen) atoms. The summed E-state index contributed by atoms with van der Waals surface area (Å²) in [5, 5.41) is 7.82. The van der Waals surface area contributed by atoms with Crippen molar-refractivity contribution in [1.29, 1.82) is 0 Å². The van der Waals surface area contributed by atoms with Gasteiger partial charge in [-0.05, 0) is 36.8 Å². The molecule has 1 unspecified atom stereocenters. The highest BCUT2D eigenvalue weighted by Crippen LogP contribution is 2.23. The van der Waals surface area contributed by atoms with Gasteiger partial charge in [0.2, 0.25) is 15.9 Å². The van der Waals surface area contributed by atoms with Gasteiger partial charge in [0.15, 0.2) is 5.78 Å². The van der Waals surface area contributed by atoms with Crippen molar-refractivity contribution in [2.24, 2.45) is 5.14 Å². The third-order valence-corrected chi connectivity index (χ3v) is 5.71. The number of benzene rings is 1. The molecule has 1 amide bonds. The fourth-order valence-corrected chi connectivity index (χ4v) is 3.68. The second kappa shape index (κ2) is 8.09. The van der Waals surface area contributed by atoms with Gasteiger partial charge in [0, 0.05) is 12.8 Å². The fourth-order valence-electron chi connectivity index (χ4n) is 2.16. The number of hydrogen-bond donors (Lipinski definition) is 2. The van der Waals surface area contributed by atoms with Crippen LogP contribution in [0.4, 0.5) is 0 Å². The monoisotopic (exact) mass is 400 g/mol. The van der Waals surface area contributed by atoms with E-state index >= 15 is 0 Å². The minimum absolute atomic E-state index is 0.00924. The van der Waals surface area contributed by atoms with Crippen LogP contribution in [-0.4, -0.2) is 20.1 Å². The lowest BCUT2D eigenvalue weighted by atomic mass is 10.1. The van der Waals surface area contributed by atoms with Crippen molar-refractivity contribution in [3.8, 4) is 0 Å². The molecule has 1 heterocycles. The van der Waals surface area contributed by atoms with Gasteiger partial charge in [-0.25, -0.2) is 13.6 Å². The molecule has 9 heteroatoms. The zero-order valence-corrected chi connectivity index (χ0v) is 15.7. The van der Waals surface area contributed by atoms with E-state index in [0.29, 0.717) is 9.21 Å². The summed E-state index contributed by atoms with van der Waals surface area (Å²) in [6, 6.07) is 8.91. The third-order valence-electron chi connectivity index (χ3n) is 3.51. The number of thiophene rings is 1. The van der Waals surface area contributed by atoms with Crippen LogP contribution in [0.3, 0.4) is 0 Å². The molecule has 0 saturated heterocycles. The first-order valence-corrected chi connectivity index (χ1v) is 10.1. The Balaban J connectivity index is 1.88. The number of halogens is 1. The number of hydrogen-bond acceptors (Lipinski definition) is 5. The Hall–Kier alpha value is -1.74. The SMILES string of the molecule is CC(NC(=O)CCC(=O)c1ccc(Cl)s1)c1ccc(S(N)(=O)=O)cc1. The maximum atomic E-state index is 12.0. The van der Waals surface area contributed by atoms with Gasteiger partial charge in [-0.2, -0.15) is 0 Å². The molecule has 0 aliphatic carbocycles. The molecule has 1 aromatic carbocycles. The molecule has 0 radical (unpaired) electrons. The Labute approximate surface area is 155 Å². The van der Waals surface area contributed by atoms with Gasteiger partial charge in [0.1, 0.15) is 0 Å². The summed E-state index contributed by atoms with van der Waals surface area (Å²) in [6.45, 7) is 1.77. The van der Waals surface area contributed by atoms with Crippen LogP contribution in [0.5, 0.6) is 0 Å². The minimum Gasteiger partial charge on any atom is -0.350 e. The number of primary sulfonamides is 1. The number of rotatable bonds is 7. The smallest absolute Gasteiger partial charge is 0.238 e. The Morgan fingerprint density at radius 1 is 1.16 bits per heavy atom. The summed E-state index contributed by atoms with van der Waals surface area (Å²) in [5.41, 5.74) is 0.733. The summed E-state index contributed by atoms with van der Waals surface area (Å²) in [7, 11) is -3.74. The first-order chi connectivity index (χ1) is 11.7. The lowest BCUT2D eigenvalue weighted by molar-refractivity contribution is -0.121. The number of carbonyl (C=O) groups excluding carboxylic acids is 2. The molecule has 0 aliphatic heterocycles. The predicted molar refractivity (Wildman–Crippen MR) is 97.3 cm³/mol. The van der Waals surface area contributed by atoms with Crippen molar-refractivity contribution in [2.45, 2.75) is 30.7 Å². The molecule has 1 atom stereocenters. The summed E-state index contributed by atoms with van der Waals surface area (Å²) < 4.78 is 23.0. The Morgan fingerprint density at radius 2 is 1.80 bits per heavy atom. The van der Waals surface area contributed by atoms with Crippen LogP contribution in [0.2, 0.25) is 4.34 Å². The van der Waals surface area contributed by atoms with Crippen LogP contribution >= 0.6 is 22.9 Å². The highest BCUT2D eigenvalue weighted by atomic mass is 35.5.